The number of amides is 3. The summed E-state index contributed by atoms with van der Waals surface area (Å²) in [5.41, 5.74) is 0.753. The number of carbonyl (C=O) groups excluding carboxylic acids is 2. The van der Waals surface area contributed by atoms with Crippen LogP contribution < -0.4 is 31.9 Å². The number of aliphatic imine (C=N–C) groups is 1. The molecule has 0 bridgehead atoms. The number of rotatable bonds is 16. The second kappa shape index (κ2) is 16.8. The Morgan fingerprint density at radius 1 is 0.913 bits per heavy atom. The van der Waals surface area contributed by atoms with Crippen molar-refractivity contribution in [1.29, 1.82) is 0 Å². The molecule has 0 radical (unpaired) electrons. The third-order valence-electron chi connectivity index (χ3n) is 8.48. The number of benzene rings is 3. The van der Waals surface area contributed by atoms with E-state index < -0.39 is 7.14 Å². The molecule has 0 saturated carbocycles. The predicted molar refractivity (Wildman–Crippen MR) is 190 cm³/mol. The number of urea groups is 1. The number of hydrogen-bond donors (Lipinski definition) is 3. The summed E-state index contributed by atoms with van der Waals surface area (Å²) in [6.45, 7) is 3.65. The molecule has 244 valence electrons. The molecule has 3 N–H and O–H groups in total. The van der Waals surface area contributed by atoms with Crippen LogP contribution in [0.4, 0.5) is 4.79 Å². The summed E-state index contributed by atoms with van der Waals surface area (Å²) in [6.07, 6.45) is 6.00. The Balaban J connectivity index is 1.07. The largest absolute Gasteiger partial charge is 0.477 e. The Bertz CT molecular complexity index is 1480. The van der Waals surface area contributed by atoms with E-state index >= 15 is 4.57 Å². The first-order valence-corrected chi connectivity index (χ1v) is 19.2. The smallest absolute Gasteiger partial charge is 0.315 e. The average molecular weight is 661 g/mol. The van der Waals surface area contributed by atoms with Gasteiger partial charge in [0.15, 0.2) is 7.14 Å². The van der Waals surface area contributed by atoms with Gasteiger partial charge in [0, 0.05) is 52.0 Å². The van der Waals surface area contributed by atoms with E-state index in [1.54, 1.807) is 0 Å². The summed E-state index contributed by atoms with van der Waals surface area (Å²) in [5, 5.41) is 11.7. The van der Waals surface area contributed by atoms with Gasteiger partial charge in [0.05, 0.1) is 18.7 Å². The van der Waals surface area contributed by atoms with E-state index in [1.807, 2.05) is 104 Å². The van der Waals surface area contributed by atoms with Gasteiger partial charge in [-0.15, -0.1) is 0 Å². The van der Waals surface area contributed by atoms with Crippen molar-refractivity contribution in [2.24, 2.45) is 4.99 Å². The number of thioether (sulfide) groups is 1. The zero-order chi connectivity index (χ0) is 32.2. The van der Waals surface area contributed by atoms with Crippen molar-refractivity contribution >= 4 is 52.7 Å². The zero-order valence-electron chi connectivity index (χ0n) is 26.5. The molecule has 3 amide bonds. The van der Waals surface area contributed by atoms with Gasteiger partial charge in [-0.05, 0) is 45.1 Å². The number of unbranched alkanes of at least 4 members (excludes halogenated alkanes) is 3. The van der Waals surface area contributed by atoms with Crippen molar-refractivity contribution < 1.29 is 18.9 Å². The van der Waals surface area contributed by atoms with E-state index in [0.717, 1.165) is 65.8 Å². The maximum Gasteiger partial charge on any atom is 0.315 e. The van der Waals surface area contributed by atoms with Gasteiger partial charge < -0.3 is 25.3 Å². The molecule has 8 nitrogen and oxygen atoms in total. The van der Waals surface area contributed by atoms with Crippen molar-refractivity contribution in [3.8, 4) is 0 Å². The summed E-state index contributed by atoms with van der Waals surface area (Å²) >= 11 is 1.91. The first kappa shape index (κ1) is 33.8. The fourth-order valence-electron chi connectivity index (χ4n) is 6.15. The van der Waals surface area contributed by atoms with Crippen LogP contribution in [-0.4, -0.2) is 60.6 Å². The second-order valence-electron chi connectivity index (χ2n) is 11.7. The first-order valence-electron chi connectivity index (χ1n) is 16.4. The molecule has 2 aliphatic heterocycles. The van der Waals surface area contributed by atoms with Gasteiger partial charge in [-0.1, -0.05) is 85.3 Å². The van der Waals surface area contributed by atoms with Crippen LogP contribution in [-0.2, 0) is 14.1 Å². The highest BCUT2D eigenvalue weighted by Crippen LogP contribution is 2.43. The average Bonchev–Trinajstić information content (AvgIpc) is 3.65. The Morgan fingerprint density at radius 3 is 2.33 bits per heavy atom. The molecule has 3 aromatic rings. The summed E-state index contributed by atoms with van der Waals surface area (Å²) in [7, 11) is -3.20. The summed E-state index contributed by atoms with van der Waals surface area (Å²) in [6, 6.07) is 27.5. The SMILES string of the molecule is CCN=C(OCCCCCNC(=O)CCCC[C@@H]1SC[C@@H]2NC(=O)N[C@@H]21)c1ccccc1P(=O)(c1ccccc1)c1ccccc1. The minimum Gasteiger partial charge on any atom is -0.477 e. The van der Waals surface area contributed by atoms with Crippen molar-refractivity contribution in [2.75, 3.05) is 25.4 Å². The quantitative estimate of drug-likeness (QED) is 0.0650. The molecule has 10 heteroatoms. The Morgan fingerprint density at radius 2 is 1.61 bits per heavy atom. The van der Waals surface area contributed by atoms with Crippen molar-refractivity contribution in [2.45, 2.75) is 69.2 Å². The van der Waals surface area contributed by atoms with Gasteiger partial charge in [0.2, 0.25) is 11.8 Å². The molecule has 3 atom stereocenters. The van der Waals surface area contributed by atoms with Crippen LogP contribution in [0.5, 0.6) is 0 Å². The van der Waals surface area contributed by atoms with E-state index in [1.165, 1.54) is 0 Å². The maximum atomic E-state index is 15.1. The van der Waals surface area contributed by atoms with Crippen molar-refractivity contribution in [3.63, 3.8) is 0 Å². The predicted octanol–water partition coefficient (Wildman–Crippen LogP) is 5.12. The zero-order valence-corrected chi connectivity index (χ0v) is 28.2. The maximum absolute atomic E-state index is 15.1. The van der Waals surface area contributed by atoms with Gasteiger partial charge in [0.25, 0.3) is 0 Å². The van der Waals surface area contributed by atoms with Crippen LogP contribution in [0.25, 0.3) is 0 Å². The second-order valence-corrected chi connectivity index (χ2v) is 15.7. The van der Waals surface area contributed by atoms with Crippen LogP contribution in [0, 0.1) is 0 Å². The monoisotopic (exact) mass is 660 g/mol. The van der Waals surface area contributed by atoms with Crippen LogP contribution in [0.15, 0.2) is 89.9 Å². The highest BCUT2D eigenvalue weighted by atomic mass is 32.2. The lowest BCUT2D eigenvalue weighted by Gasteiger charge is -2.23. The molecule has 0 aromatic heterocycles. The van der Waals surface area contributed by atoms with Gasteiger partial charge in [0.1, 0.15) is 0 Å². The van der Waals surface area contributed by atoms with E-state index in [-0.39, 0.29) is 24.0 Å². The van der Waals surface area contributed by atoms with E-state index in [9.17, 15) is 9.59 Å². The van der Waals surface area contributed by atoms with Crippen molar-refractivity contribution in [1.82, 2.24) is 16.0 Å². The normalized spacial score (nSPS) is 19.3. The number of ether oxygens (including phenoxy) is 1. The molecule has 5 rings (SSSR count). The third kappa shape index (κ3) is 8.42. The lowest BCUT2D eigenvalue weighted by molar-refractivity contribution is -0.121. The number of nitrogens with one attached hydrogen (secondary N) is 3. The van der Waals surface area contributed by atoms with E-state index in [2.05, 4.69) is 20.9 Å². The third-order valence-corrected chi connectivity index (χ3v) is 13.1. The Labute approximate surface area is 276 Å². The van der Waals surface area contributed by atoms with Crippen LogP contribution >= 0.6 is 18.9 Å². The van der Waals surface area contributed by atoms with Gasteiger partial charge >= 0.3 is 6.03 Å². The molecular weight excluding hydrogens is 615 g/mol. The standard InChI is InChI=1S/C36H45N4O4PS/c1-2-37-35(29-20-10-11-21-31(29)45(43,27-16-6-3-7-17-27)28-18-8-4-9-19-28)44-25-15-5-14-24-38-33(41)23-13-12-22-32-34-30(26-46-32)39-36(42)40-34/h3-4,6-11,16-21,30,32,34H,2,5,12-15,22-26H2,1H3,(H,38,41)(H2,39,40,42)/t30-,32-,34-/m0/s1. The van der Waals surface area contributed by atoms with Crippen molar-refractivity contribution in [3.05, 3.63) is 90.5 Å². The number of hydrogen-bond acceptors (Lipinski definition) is 6. The van der Waals surface area contributed by atoms with E-state index in [0.29, 0.717) is 37.3 Å². The molecular formula is C36H45N4O4PS. The highest BCUT2D eigenvalue weighted by molar-refractivity contribution is 8.00. The highest BCUT2D eigenvalue weighted by Gasteiger charge is 2.42. The van der Waals surface area contributed by atoms with Gasteiger partial charge in [-0.3, -0.25) is 9.79 Å². The number of nitrogens with zero attached hydrogens (tertiary/aromatic N) is 1. The molecule has 0 spiro atoms. The molecule has 2 fully saturated rings. The Kier molecular flexibility index (Phi) is 12.4. The van der Waals surface area contributed by atoms with Crippen LogP contribution in [0.2, 0.25) is 0 Å². The fourth-order valence-corrected chi connectivity index (χ4v) is 10.5. The Hall–Kier alpha value is -3.55. The topological polar surface area (TPSA) is 109 Å². The van der Waals surface area contributed by atoms with Crippen LogP contribution in [0.1, 0.15) is 57.4 Å². The van der Waals surface area contributed by atoms with Gasteiger partial charge in [-0.25, -0.2) is 4.79 Å². The summed E-state index contributed by atoms with van der Waals surface area (Å²) < 4.78 is 21.3. The molecule has 2 heterocycles. The summed E-state index contributed by atoms with van der Waals surface area (Å²) in [4.78, 5) is 28.6. The molecule has 3 aromatic carbocycles. The molecule has 46 heavy (non-hydrogen) atoms. The lowest BCUT2D eigenvalue weighted by atomic mass is 10.0. The lowest BCUT2D eigenvalue weighted by Crippen LogP contribution is -2.36. The molecule has 0 aliphatic carbocycles. The van der Waals surface area contributed by atoms with Gasteiger partial charge in [-0.2, -0.15) is 11.8 Å². The minimum absolute atomic E-state index is 0.0553. The van der Waals surface area contributed by atoms with E-state index in [4.69, 9.17) is 4.74 Å². The fraction of sp³-hybridized carbons (Fsp3) is 0.417. The molecule has 2 aliphatic rings. The number of carbonyl (C=O) groups is 2. The number of fused-ring (bicyclic) bond motifs is 1. The first-order chi connectivity index (χ1) is 22.5. The minimum atomic E-state index is -3.20. The summed E-state index contributed by atoms with van der Waals surface area (Å²) in [5.74, 6) is 1.57. The molecule has 2 saturated heterocycles. The van der Waals surface area contributed by atoms with Crippen LogP contribution in [0.3, 0.4) is 0 Å². The molecule has 0 unspecified atom stereocenters.